The number of benzene rings is 1. The average Bonchev–Trinajstić information content (AvgIpc) is 3.07. The van der Waals surface area contributed by atoms with Crippen LogP contribution in [0.3, 0.4) is 0 Å². The maximum Gasteiger partial charge on any atom is 0.227 e. The highest BCUT2D eigenvalue weighted by Crippen LogP contribution is 2.27. The lowest BCUT2D eigenvalue weighted by Crippen LogP contribution is -2.41. The molecule has 7 heteroatoms. The van der Waals surface area contributed by atoms with Crippen LogP contribution in [-0.4, -0.2) is 50.6 Å². The monoisotopic (exact) mass is 486 g/mol. The van der Waals surface area contributed by atoms with Gasteiger partial charge >= 0.3 is 0 Å². The minimum absolute atomic E-state index is 0. The molecule has 3 rings (SSSR count). The van der Waals surface area contributed by atoms with Crippen molar-refractivity contribution in [1.29, 1.82) is 0 Å². The van der Waals surface area contributed by atoms with E-state index in [1.54, 1.807) is 7.05 Å². The second-order valence-corrected chi connectivity index (χ2v) is 7.33. The zero-order chi connectivity index (χ0) is 18.4. The number of anilines is 1. The number of rotatable bonds is 6. The molecule has 2 N–H and O–H groups in total. The van der Waals surface area contributed by atoms with Crippen molar-refractivity contribution in [2.75, 3.05) is 39.2 Å². The van der Waals surface area contributed by atoms with E-state index < -0.39 is 0 Å². The van der Waals surface area contributed by atoms with E-state index in [1.165, 1.54) is 6.42 Å². The van der Waals surface area contributed by atoms with Crippen molar-refractivity contribution in [1.82, 2.24) is 10.2 Å². The van der Waals surface area contributed by atoms with Gasteiger partial charge in [0.2, 0.25) is 5.91 Å². The van der Waals surface area contributed by atoms with Gasteiger partial charge in [-0.15, -0.1) is 24.0 Å². The molecule has 27 heavy (non-hydrogen) atoms. The van der Waals surface area contributed by atoms with Crippen LogP contribution in [0.25, 0.3) is 0 Å². The summed E-state index contributed by atoms with van der Waals surface area (Å²) in [6, 6.07) is 8.02. The SMILES string of the molecule is CN=C(NCc1cccc(NC(=O)C2CCC2)c1)N(C)CC1CCOC1.I. The van der Waals surface area contributed by atoms with E-state index in [1.807, 2.05) is 18.2 Å². The molecule has 150 valence electrons. The lowest BCUT2D eigenvalue weighted by Gasteiger charge is -2.25. The van der Waals surface area contributed by atoms with Crippen LogP contribution in [0.2, 0.25) is 0 Å². The van der Waals surface area contributed by atoms with Crippen molar-refractivity contribution in [2.45, 2.75) is 32.2 Å². The molecule has 0 bridgehead atoms. The van der Waals surface area contributed by atoms with Crippen molar-refractivity contribution in [3.63, 3.8) is 0 Å². The third-order valence-corrected chi connectivity index (χ3v) is 5.25. The lowest BCUT2D eigenvalue weighted by atomic mass is 9.85. The molecule has 1 aromatic carbocycles. The van der Waals surface area contributed by atoms with Crippen molar-refractivity contribution in [2.24, 2.45) is 16.8 Å². The van der Waals surface area contributed by atoms with Crippen LogP contribution in [0.5, 0.6) is 0 Å². The molecular weight excluding hydrogens is 455 g/mol. The Morgan fingerprint density at radius 1 is 1.33 bits per heavy atom. The van der Waals surface area contributed by atoms with Gasteiger partial charge in [0.05, 0.1) is 6.61 Å². The van der Waals surface area contributed by atoms with Crippen molar-refractivity contribution < 1.29 is 9.53 Å². The number of hydrogen-bond donors (Lipinski definition) is 2. The number of aliphatic imine (C=N–C) groups is 1. The Morgan fingerprint density at radius 2 is 2.15 bits per heavy atom. The van der Waals surface area contributed by atoms with Gasteiger partial charge in [-0.3, -0.25) is 9.79 Å². The molecule has 6 nitrogen and oxygen atoms in total. The van der Waals surface area contributed by atoms with E-state index in [-0.39, 0.29) is 35.8 Å². The van der Waals surface area contributed by atoms with Crippen molar-refractivity contribution in [3.8, 4) is 0 Å². The summed E-state index contributed by atoms with van der Waals surface area (Å²) in [5, 5.41) is 6.44. The quantitative estimate of drug-likeness (QED) is 0.369. The number of amides is 1. The third kappa shape index (κ3) is 6.34. The topological polar surface area (TPSA) is 66.0 Å². The molecule has 1 amide bonds. The Bertz CT molecular complexity index is 643. The first-order chi connectivity index (χ1) is 12.7. The number of ether oxygens (including phenoxy) is 1. The standard InChI is InChI=1S/C20H30N4O2.HI/c1-21-20(24(2)13-16-9-10-26-14-16)22-12-15-5-3-8-18(11-15)23-19(25)17-6-4-7-17;/h3,5,8,11,16-17H,4,6-7,9-10,12-14H2,1-2H3,(H,21,22)(H,23,25);1H. The summed E-state index contributed by atoms with van der Waals surface area (Å²) >= 11 is 0. The zero-order valence-electron chi connectivity index (χ0n) is 16.2. The van der Waals surface area contributed by atoms with Gasteiger partial charge in [-0.05, 0) is 37.0 Å². The predicted octanol–water partition coefficient (Wildman–Crippen LogP) is 3.09. The number of guanidine groups is 1. The first-order valence-electron chi connectivity index (χ1n) is 9.55. The fourth-order valence-corrected chi connectivity index (χ4v) is 3.44. The highest BCUT2D eigenvalue weighted by molar-refractivity contribution is 14.0. The number of carbonyl (C=O) groups excluding carboxylic acids is 1. The molecule has 0 radical (unpaired) electrons. The van der Waals surface area contributed by atoms with Crippen LogP contribution in [0.1, 0.15) is 31.2 Å². The van der Waals surface area contributed by atoms with Crippen molar-refractivity contribution in [3.05, 3.63) is 29.8 Å². The molecule has 1 saturated carbocycles. The van der Waals surface area contributed by atoms with Crippen LogP contribution in [-0.2, 0) is 16.1 Å². The fraction of sp³-hybridized carbons (Fsp3) is 0.600. The summed E-state index contributed by atoms with van der Waals surface area (Å²) in [5.41, 5.74) is 1.99. The van der Waals surface area contributed by atoms with E-state index >= 15 is 0 Å². The average molecular weight is 486 g/mol. The predicted molar refractivity (Wildman–Crippen MR) is 120 cm³/mol. The molecule has 1 saturated heterocycles. The van der Waals surface area contributed by atoms with Gasteiger partial charge < -0.3 is 20.3 Å². The number of carbonyl (C=O) groups is 1. The largest absolute Gasteiger partial charge is 0.381 e. The molecular formula is C20H31IN4O2. The van der Waals surface area contributed by atoms with Gasteiger partial charge in [-0.25, -0.2) is 0 Å². The van der Waals surface area contributed by atoms with E-state index in [9.17, 15) is 4.79 Å². The van der Waals surface area contributed by atoms with Gasteiger partial charge in [0.1, 0.15) is 0 Å². The Labute approximate surface area is 179 Å². The van der Waals surface area contributed by atoms with Crippen LogP contribution in [0.15, 0.2) is 29.3 Å². The van der Waals surface area contributed by atoms with Crippen molar-refractivity contribution >= 4 is 41.5 Å². The molecule has 1 atom stereocenters. The van der Waals surface area contributed by atoms with Crippen LogP contribution in [0.4, 0.5) is 5.69 Å². The van der Waals surface area contributed by atoms with E-state index in [4.69, 9.17) is 4.74 Å². The van der Waals surface area contributed by atoms with Gasteiger partial charge in [-0.1, -0.05) is 18.6 Å². The van der Waals surface area contributed by atoms with E-state index in [0.717, 1.165) is 56.2 Å². The number of hydrogen-bond acceptors (Lipinski definition) is 3. The van der Waals surface area contributed by atoms with Crippen LogP contribution >= 0.6 is 24.0 Å². The molecule has 1 heterocycles. The minimum atomic E-state index is 0. The van der Waals surface area contributed by atoms with Crippen LogP contribution < -0.4 is 10.6 Å². The Hall–Kier alpha value is -1.35. The first-order valence-corrected chi connectivity index (χ1v) is 9.55. The summed E-state index contributed by atoms with van der Waals surface area (Å²) in [5.74, 6) is 1.80. The number of nitrogens with zero attached hydrogens (tertiary/aromatic N) is 2. The Morgan fingerprint density at radius 3 is 2.78 bits per heavy atom. The number of nitrogens with one attached hydrogen (secondary N) is 2. The molecule has 1 unspecified atom stereocenters. The summed E-state index contributed by atoms with van der Waals surface area (Å²) < 4.78 is 5.45. The fourth-order valence-electron chi connectivity index (χ4n) is 3.44. The molecule has 1 aliphatic heterocycles. The molecule has 0 aromatic heterocycles. The summed E-state index contributed by atoms with van der Waals surface area (Å²) in [6.07, 6.45) is 4.31. The zero-order valence-corrected chi connectivity index (χ0v) is 18.6. The molecule has 2 aliphatic rings. The summed E-state index contributed by atoms with van der Waals surface area (Å²) in [6.45, 7) is 3.32. The second-order valence-electron chi connectivity index (χ2n) is 7.33. The van der Waals surface area contributed by atoms with E-state index in [2.05, 4.69) is 33.6 Å². The van der Waals surface area contributed by atoms with Gasteiger partial charge in [-0.2, -0.15) is 0 Å². The Balaban J connectivity index is 0.00000261. The third-order valence-electron chi connectivity index (χ3n) is 5.25. The molecule has 2 fully saturated rings. The van der Waals surface area contributed by atoms with Gasteiger partial charge in [0.25, 0.3) is 0 Å². The minimum Gasteiger partial charge on any atom is -0.381 e. The normalized spacial score (nSPS) is 19.8. The number of halogens is 1. The molecule has 1 aromatic rings. The highest BCUT2D eigenvalue weighted by atomic mass is 127. The maximum atomic E-state index is 12.1. The summed E-state index contributed by atoms with van der Waals surface area (Å²) in [7, 11) is 3.86. The molecule has 0 spiro atoms. The lowest BCUT2D eigenvalue weighted by molar-refractivity contribution is -0.122. The van der Waals surface area contributed by atoms with Gasteiger partial charge in [0.15, 0.2) is 5.96 Å². The molecule has 1 aliphatic carbocycles. The highest BCUT2D eigenvalue weighted by Gasteiger charge is 2.25. The Kier molecular flexibility index (Phi) is 8.82. The van der Waals surface area contributed by atoms with Gasteiger partial charge in [0, 0.05) is 51.3 Å². The maximum absolute atomic E-state index is 12.1. The first kappa shape index (κ1) is 21.9. The second kappa shape index (κ2) is 10.8. The summed E-state index contributed by atoms with van der Waals surface area (Å²) in [4.78, 5) is 18.6. The van der Waals surface area contributed by atoms with E-state index in [0.29, 0.717) is 12.5 Å². The van der Waals surface area contributed by atoms with Crippen LogP contribution in [0, 0.1) is 11.8 Å². The smallest absolute Gasteiger partial charge is 0.227 e.